The lowest BCUT2D eigenvalue weighted by molar-refractivity contribution is 0.560. The van der Waals surface area contributed by atoms with Crippen LogP contribution < -0.4 is 10.5 Å². The molecule has 8 heteroatoms. The van der Waals surface area contributed by atoms with Gasteiger partial charge in [0, 0.05) is 12.1 Å². The Balaban J connectivity index is 2.34. The number of sulfonamides is 1. The second-order valence-corrected chi connectivity index (χ2v) is 6.11. The third-order valence-electron chi connectivity index (χ3n) is 2.56. The average molecular weight is 314 g/mol. The quantitative estimate of drug-likeness (QED) is 0.818. The highest BCUT2D eigenvalue weighted by Gasteiger charge is 2.22. The molecular formula is C12H11FN2O3S2. The van der Waals surface area contributed by atoms with E-state index in [1.54, 1.807) is 6.07 Å². The second-order valence-electron chi connectivity index (χ2n) is 3.93. The zero-order valence-electron chi connectivity index (χ0n) is 10.2. The Morgan fingerprint density at radius 2 is 2.15 bits per heavy atom. The Morgan fingerprint density at radius 1 is 1.40 bits per heavy atom. The molecule has 5 nitrogen and oxygen atoms in total. The van der Waals surface area contributed by atoms with Crippen molar-refractivity contribution < 1.29 is 17.2 Å². The Bertz CT molecular complexity index is 727. The molecule has 0 amide bonds. The van der Waals surface area contributed by atoms with E-state index in [-0.39, 0.29) is 22.0 Å². The van der Waals surface area contributed by atoms with Crippen molar-refractivity contribution in [3.05, 3.63) is 53.7 Å². The summed E-state index contributed by atoms with van der Waals surface area (Å²) >= 11 is 4.70. The summed E-state index contributed by atoms with van der Waals surface area (Å²) in [7, 11) is -3.93. The molecule has 0 aliphatic heterocycles. The predicted octanol–water partition coefficient (Wildman–Crippen LogP) is 1.53. The van der Waals surface area contributed by atoms with E-state index in [4.69, 9.17) is 22.4 Å². The van der Waals surface area contributed by atoms with Gasteiger partial charge < -0.3 is 10.2 Å². The third kappa shape index (κ3) is 3.03. The van der Waals surface area contributed by atoms with Crippen LogP contribution in [0.15, 0.2) is 46.1 Å². The molecule has 0 unspecified atom stereocenters. The van der Waals surface area contributed by atoms with Crippen molar-refractivity contribution in [2.75, 3.05) is 0 Å². The van der Waals surface area contributed by atoms with Gasteiger partial charge in [0.1, 0.15) is 10.8 Å². The molecule has 106 valence electrons. The molecule has 2 rings (SSSR count). The number of rotatable bonds is 5. The predicted molar refractivity (Wildman–Crippen MR) is 75.0 cm³/mol. The first-order valence-corrected chi connectivity index (χ1v) is 7.40. The van der Waals surface area contributed by atoms with Crippen LogP contribution in [-0.2, 0) is 16.6 Å². The van der Waals surface area contributed by atoms with E-state index in [1.165, 1.54) is 24.7 Å². The van der Waals surface area contributed by atoms with Gasteiger partial charge in [0.25, 0.3) is 0 Å². The molecule has 0 spiro atoms. The summed E-state index contributed by atoms with van der Waals surface area (Å²) in [6.07, 6.45) is 2.83. The number of halogens is 1. The molecule has 2 aromatic rings. The normalized spacial score (nSPS) is 11.4. The highest BCUT2D eigenvalue weighted by molar-refractivity contribution is 7.89. The molecule has 20 heavy (non-hydrogen) atoms. The summed E-state index contributed by atoms with van der Waals surface area (Å²) in [6, 6.07) is 5.24. The lowest BCUT2D eigenvalue weighted by atomic mass is 10.2. The van der Waals surface area contributed by atoms with Gasteiger partial charge in [0.15, 0.2) is 0 Å². The molecule has 0 aliphatic rings. The van der Waals surface area contributed by atoms with Crippen molar-refractivity contribution >= 4 is 27.2 Å². The average Bonchev–Trinajstić information content (AvgIpc) is 2.89. The van der Waals surface area contributed by atoms with Crippen LogP contribution in [0.1, 0.15) is 11.1 Å². The van der Waals surface area contributed by atoms with Gasteiger partial charge in [-0.15, -0.1) is 0 Å². The van der Waals surface area contributed by atoms with Crippen LogP contribution in [0, 0.1) is 5.82 Å². The summed E-state index contributed by atoms with van der Waals surface area (Å²) in [4.78, 5) is -0.597. The fourth-order valence-corrected chi connectivity index (χ4v) is 3.13. The van der Waals surface area contributed by atoms with Gasteiger partial charge in [-0.25, -0.2) is 17.5 Å². The topological polar surface area (TPSA) is 85.3 Å². The molecule has 1 heterocycles. The van der Waals surface area contributed by atoms with Gasteiger partial charge in [-0.2, -0.15) is 0 Å². The van der Waals surface area contributed by atoms with Crippen LogP contribution in [-0.4, -0.2) is 13.4 Å². The summed E-state index contributed by atoms with van der Waals surface area (Å²) in [5.74, 6) is -0.774. The lowest BCUT2D eigenvalue weighted by Gasteiger charge is -2.10. The van der Waals surface area contributed by atoms with Crippen molar-refractivity contribution in [2.24, 2.45) is 5.73 Å². The SMILES string of the molecule is NC(=S)c1c(F)cccc1S(=O)(=O)NCc1ccoc1. The van der Waals surface area contributed by atoms with Crippen LogP contribution in [0.5, 0.6) is 0 Å². The van der Waals surface area contributed by atoms with Crippen LogP contribution in [0.25, 0.3) is 0 Å². The van der Waals surface area contributed by atoms with E-state index in [0.717, 1.165) is 6.07 Å². The Morgan fingerprint density at radius 3 is 2.75 bits per heavy atom. The van der Waals surface area contributed by atoms with Crippen molar-refractivity contribution in [3.8, 4) is 0 Å². The van der Waals surface area contributed by atoms with Gasteiger partial charge in [-0.05, 0) is 18.2 Å². The van der Waals surface area contributed by atoms with E-state index in [2.05, 4.69) is 4.72 Å². The number of thiocarbonyl (C=S) groups is 1. The van der Waals surface area contributed by atoms with Crippen molar-refractivity contribution in [2.45, 2.75) is 11.4 Å². The van der Waals surface area contributed by atoms with E-state index in [0.29, 0.717) is 5.56 Å². The monoisotopic (exact) mass is 314 g/mol. The summed E-state index contributed by atoms with van der Waals surface area (Å²) < 4.78 is 45.2. The molecule has 1 aromatic carbocycles. The zero-order chi connectivity index (χ0) is 14.8. The molecule has 0 atom stereocenters. The minimum absolute atomic E-state index is 0.0200. The maximum Gasteiger partial charge on any atom is 0.241 e. The lowest BCUT2D eigenvalue weighted by Crippen LogP contribution is -2.26. The Hall–Kier alpha value is -1.77. The summed E-state index contributed by atoms with van der Waals surface area (Å²) in [6.45, 7) is 0.0200. The van der Waals surface area contributed by atoms with Crippen molar-refractivity contribution in [1.82, 2.24) is 4.72 Å². The summed E-state index contributed by atoms with van der Waals surface area (Å²) in [5.41, 5.74) is 5.74. The van der Waals surface area contributed by atoms with Crippen molar-refractivity contribution in [1.29, 1.82) is 0 Å². The molecular weight excluding hydrogens is 303 g/mol. The van der Waals surface area contributed by atoms with Gasteiger partial charge in [0.2, 0.25) is 10.0 Å². The standard InChI is InChI=1S/C12H11FN2O3S2/c13-9-2-1-3-10(11(9)12(14)19)20(16,17)15-6-8-4-5-18-7-8/h1-5,7,15H,6H2,(H2,14,19). The smallest absolute Gasteiger partial charge is 0.241 e. The zero-order valence-corrected chi connectivity index (χ0v) is 11.8. The number of hydrogen-bond acceptors (Lipinski definition) is 4. The fraction of sp³-hybridized carbons (Fsp3) is 0.0833. The van der Waals surface area contributed by atoms with Gasteiger partial charge in [0.05, 0.1) is 23.0 Å². The van der Waals surface area contributed by atoms with Crippen LogP contribution in [0.3, 0.4) is 0 Å². The Labute approximate surface area is 120 Å². The van der Waals surface area contributed by atoms with Crippen LogP contribution in [0.4, 0.5) is 4.39 Å². The molecule has 0 bridgehead atoms. The Kier molecular flexibility index (Phi) is 4.17. The molecule has 0 saturated heterocycles. The first-order valence-electron chi connectivity index (χ1n) is 5.51. The molecule has 3 N–H and O–H groups in total. The second kappa shape index (κ2) is 5.70. The molecule has 0 saturated carbocycles. The van der Waals surface area contributed by atoms with E-state index in [9.17, 15) is 12.8 Å². The minimum atomic E-state index is -3.93. The number of furan rings is 1. The first-order chi connectivity index (χ1) is 9.42. The summed E-state index contributed by atoms with van der Waals surface area (Å²) in [5, 5.41) is 0. The van der Waals surface area contributed by atoms with E-state index < -0.39 is 15.8 Å². The molecule has 0 fully saturated rings. The number of nitrogens with two attached hydrogens (primary N) is 1. The molecule has 0 aliphatic carbocycles. The molecule has 0 radical (unpaired) electrons. The maximum atomic E-state index is 13.7. The third-order valence-corrected chi connectivity index (χ3v) is 4.21. The van der Waals surface area contributed by atoms with Crippen LogP contribution >= 0.6 is 12.2 Å². The fourth-order valence-electron chi connectivity index (χ4n) is 1.62. The van der Waals surface area contributed by atoms with Gasteiger partial charge in [-0.1, -0.05) is 18.3 Å². The molecule has 1 aromatic heterocycles. The largest absolute Gasteiger partial charge is 0.472 e. The van der Waals surface area contributed by atoms with Gasteiger partial charge >= 0.3 is 0 Å². The highest BCUT2D eigenvalue weighted by Crippen LogP contribution is 2.19. The van der Waals surface area contributed by atoms with E-state index >= 15 is 0 Å². The van der Waals surface area contributed by atoms with Crippen molar-refractivity contribution in [3.63, 3.8) is 0 Å². The number of benzene rings is 1. The van der Waals surface area contributed by atoms with Gasteiger partial charge in [-0.3, -0.25) is 0 Å². The van der Waals surface area contributed by atoms with Crippen LogP contribution in [0.2, 0.25) is 0 Å². The minimum Gasteiger partial charge on any atom is -0.472 e. The number of hydrogen-bond donors (Lipinski definition) is 2. The number of nitrogens with one attached hydrogen (secondary N) is 1. The first kappa shape index (κ1) is 14.6. The maximum absolute atomic E-state index is 13.7. The van der Waals surface area contributed by atoms with E-state index in [1.807, 2.05) is 0 Å². The highest BCUT2D eigenvalue weighted by atomic mass is 32.2.